The molecule has 7 nitrogen and oxygen atoms in total. The molecule has 1 aromatic rings. The number of nitrogens with zero attached hydrogens (tertiary/aromatic N) is 2. The zero-order valence-corrected chi connectivity index (χ0v) is 12.1. The molecule has 0 unspecified atom stereocenters. The molecule has 1 aliphatic carbocycles. The Bertz CT molecular complexity index is 603. The van der Waals surface area contributed by atoms with Crippen LogP contribution >= 0.6 is 0 Å². The smallest absolute Gasteiger partial charge is 0.405 e. The number of esters is 1. The predicted octanol–water partition coefficient (Wildman–Crippen LogP) is 0.819. The van der Waals surface area contributed by atoms with Crippen molar-refractivity contribution < 1.29 is 19.1 Å². The topological polar surface area (TPSA) is 106 Å². The Balaban J connectivity index is 1.89. The molecule has 0 atom stereocenters. The molecule has 0 aliphatic heterocycles. The molecule has 1 aliphatic rings. The minimum Gasteiger partial charge on any atom is -0.618 e. The van der Waals surface area contributed by atoms with E-state index < -0.39 is 24.0 Å². The van der Waals surface area contributed by atoms with Crippen molar-refractivity contribution in [3.8, 4) is 6.07 Å². The maximum absolute atomic E-state index is 11.9. The number of ether oxygens (including phenoxy) is 1. The molecular formula is C15H17N3O4. The van der Waals surface area contributed by atoms with Crippen molar-refractivity contribution >= 4 is 11.9 Å². The van der Waals surface area contributed by atoms with Gasteiger partial charge in [-0.25, -0.2) is 4.79 Å². The van der Waals surface area contributed by atoms with Crippen molar-refractivity contribution in [3.05, 3.63) is 35.3 Å². The van der Waals surface area contributed by atoms with Crippen molar-refractivity contribution in [2.24, 2.45) is 0 Å². The van der Waals surface area contributed by atoms with Gasteiger partial charge in [-0.1, -0.05) is 19.3 Å². The minimum absolute atomic E-state index is 0.192. The molecule has 1 fully saturated rings. The van der Waals surface area contributed by atoms with Gasteiger partial charge in [0.05, 0.1) is 6.07 Å². The highest BCUT2D eigenvalue weighted by Crippen LogP contribution is 2.27. The molecule has 1 saturated carbocycles. The molecule has 0 saturated heterocycles. The van der Waals surface area contributed by atoms with Gasteiger partial charge < -0.3 is 15.3 Å². The molecule has 7 heteroatoms. The van der Waals surface area contributed by atoms with Crippen molar-refractivity contribution in [2.45, 2.75) is 37.6 Å². The second-order valence-corrected chi connectivity index (χ2v) is 5.29. The first-order valence-electron chi connectivity index (χ1n) is 7.14. The Hall–Kier alpha value is -2.62. The molecule has 0 aromatic carbocycles. The highest BCUT2D eigenvalue weighted by Gasteiger charge is 2.33. The number of carbonyl (C=O) groups excluding carboxylic acids is 2. The summed E-state index contributed by atoms with van der Waals surface area (Å²) in [5, 5.41) is 23.3. The van der Waals surface area contributed by atoms with E-state index in [2.05, 4.69) is 11.4 Å². The zero-order chi connectivity index (χ0) is 16.0. The predicted molar refractivity (Wildman–Crippen MR) is 75.3 cm³/mol. The average Bonchev–Trinajstić information content (AvgIpc) is 2.54. The summed E-state index contributed by atoms with van der Waals surface area (Å²) in [5.41, 5.74) is -1.06. The van der Waals surface area contributed by atoms with Gasteiger partial charge in [0.15, 0.2) is 12.8 Å². The second-order valence-electron chi connectivity index (χ2n) is 5.29. The van der Waals surface area contributed by atoms with Gasteiger partial charge in [0.1, 0.15) is 5.54 Å². The van der Waals surface area contributed by atoms with Gasteiger partial charge in [-0.3, -0.25) is 4.79 Å². The van der Waals surface area contributed by atoms with Gasteiger partial charge in [0.25, 0.3) is 5.91 Å². The van der Waals surface area contributed by atoms with Crippen molar-refractivity contribution in [1.29, 1.82) is 5.26 Å². The van der Waals surface area contributed by atoms with Crippen LogP contribution < -0.4 is 10.0 Å². The normalized spacial score (nSPS) is 16.3. The van der Waals surface area contributed by atoms with Crippen LogP contribution in [0.15, 0.2) is 24.4 Å². The Morgan fingerprint density at radius 2 is 2.09 bits per heavy atom. The molecule has 2 rings (SSSR count). The maximum Gasteiger partial charge on any atom is 0.405 e. The van der Waals surface area contributed by atoms with Gasteiger partial charge in [-0.2, -0.15) is 9.99 Å². The second kappa shape index (κ2) is 6.89. The number of aromatic nitrogens is 1. The number of pyridine rings is 1. The summed E-state index contributed by atoms with van der Waals surface area (Å²) in [4.78, 5) is 23.6. The highest BCUT2D eigenvalue weighted by atomic mass is 16.5. The minimum atomic E-state index is -0.875. The quantitative estimate of drug-likeness (QED) is 0.503. The van der Waals surface area contributed by atoms with Gasteiger partial charge in [-0.15, -0.1) is 0 Å². The van der Waals surface area contributed by atoms with E-state index in [0.29, 0.717) is 17.6 Å². The van der Waals surface area contributed by atoms with E-state index in [9.17, 15) is 20.1 Å². The van der Waals surface area contributed by atoms with E-state index in [-0.39, 0.29) is 5.69 Å². The summed E-state index contributed by atoms with van der Waals surface area (Å²) in [5.74, 6) is -1.41. The number of nitrogens with one attached hydrogen (secondary N) is 1. The van der Waals surface area contributed by atoms with E-state index in [0.717, 1.165) is 19.3 Å². The molecule has 116 valence electrons. The number of nitriles is 1. The summed E-state index contributed by atoms with van der Waals surface area (Å²) >= 11 is 0. The van der Waals surface area contributed by atoms with Crippen LogP contribution in [0.5, 0.6) is 0 Å². The fraction of sp³-hybridized carbons (Fsp3) is 0.467. The van der Waals surface area contributed by atoms with Crippen LogP contribution in [0.2, 0.25) is 0 Å². The van der Waals surface area contributed by atoms with Crippen LogP contribution in [-0.4, -0.2) is 24.0 Å². The first-order chi connectivity index (χ1) is 10.6. The Morgan fingerprint density at radius 1 is 1.36 bits per heavy atom. The average molecular weight is 303 g/mol. The first kappa shape index (κ1) is 15.8. The lowest BCUT2D eigenvalue weighted by Crippen LogP contribution is -2.50. The lowest BCUT2D eigenvalue weighted by Gasteiger charge is -2.31. The highest BCUT2D eigenvalue weighted by molar-refractivity contribution is 5.88. The third-order valence-corrected chi connectivity index (χ3v) is 3.67. The van der Waals surface area contributed by atoms with Crippen molar-refractivity contribution in [1.82, 2.24) is 5.32 Å². The lowest BCUT2D eigenvalue weighted by molar-refractivity contribution is -0.608. The van der Waals surface area contributed by atoms with Gasteiger partial charge in [0.2, 0.25) is 0 Å². The van der Waals surface area contributed by atoms with Crippen LogP contribution in [-0.2, 0) is 9.53 Å². The number of amides is 1. The van der Waals surface area contributed by atoms with Crippen LogP contribution in [0.1, 0.15) is 42.6 Å². The molecule has 0 bridgehead atoms. The molecule has 1 N–H and O–H groups in total. The summed E-state index contributed by atoms with van der Waals surface area (Å²) in [6, 6.07) is 6.47. The molecule has 1 heterocycles. The van der Waals surface area contributed by atoms with Crippen LogP contribution in [0.3, 0.4) is 0 Å². The Labute approximate surface area is 128 Å². The molecule has 22 heavy (non-hydrogen) atoms. The van der Waals surface area contributed by atoms with E-state index in [1.807, 2.05) is 0 Å². The van der Waals surface area contributed by atoms with Crippen molar-refractivity contribution in [2.75, 3.05) is 6.61 Å². The molecule has 1 aromatic heterocycles. The Kier molecular flexibility index (Phi) is 4.94. The lowest BCUT2D eigenvalue weighted by atomic mass is 9.83. The molecular weight excluding hydrogens is 286 g/mol. The summed E-state index contributed by atoms with van der Waals surface area (Å²) in [7, 11) is 0. The number of hydrogen-bond acceptors (Lipinski definition) is 5. The largest absolute Gasteiger partial charge is 0.618 e. The summed E-state index contributed by atoms with van der Waals surface area (Å²) in [6.07, 6.45) is 5.18. The first-order valence-corrected chi connectivity index (χ1v) is 7.14. The van der Waals surface area contributed by atoms with Gasteiger partial charge in [-0.05, 0) is 18.9 Å². The zero-order valence-electron chi connectivity index (χ0n) is 12.1. The third-order valence-electron chi connectivity index (χ3n) is 3.67. The van der Waals surface area contributed by atoms with Crippen LogP contribution in [0.25, 0.3) is 0 Å². The fourth-order valence-corrected chi connectivity index (χ4v) is 2.51. The van der Waals surface area contributed by atoms with E-state index in [1.54, 1.807) is 0 Å². The van der Waals surface area contributed by atoms with E-state index in [1.165, 1.54) is 24.4 Å². The number of carbonyl (C=O) groups is 2. The Morgan fingerprint density at radius 3 is 2.73 bits per heavy atom. The number of rotatable bonds is 4. The monoisotopic (exact) mass is 303 g/mol. The van der Waals surface area contributed by atoms with Crippen molar-refractivity contribution in [3.63, 3.8) is 0 Å². The molecule has 0 radical (unpaired) electrons. The van der Waals surface area contributed by atoms with Crippen LogP contribution in [0.4, 0.5) is 0 Å². The van der Waals surface area contributed by atoms with Gasteiger partial charge >= 0.3 is 11.7 Å². The summed E-state index contributed by atoms with van der Waals surface area (Å²) < 4.78 is 5.19. The van der Waals surface area contributed by atoms with E-state index >= 15 is 0 Å². The molecule has 1 amide bonds. The van der Waals surface area contributed by atoms with Crippen LogP contribution in [0, 0.1) is 16.5 Å². The number of hydrogen-bond donors (Lipinski definition) is 1. The SMILES string of the molecule is N#CC1(NC(=O)COC(=O)c2cccc[n+]2[O-])CCCCC1. The molecule has 0 spiro atoms. The van der Waals surface area contributed by atoms with Gasteiger partial charge in [0, 0.05) is 12.1 Å². The maximum atomic E-state index is 11.9. The fourth-order valence-electron chi connectivity index (χ4n) is 2.51. The standard InChI is InChI=1S/C15H17N3O4/c16-11-15(7-3-1-4-8-15)17-13(19)10-22-14(20)12-6-2-5-9-18(12)21/h2,5-6,9H,1,3-4,7-8,10H2,(H,17,19). The third kappa shape index (κ3) is 3.73. The summed E-state index contributed by atoms with van der Waals surface area (Å²) in [6.45, 7) is -0.517. The van der Waals surface area contributed by atoms with E-state index in [4.69, 9.17) is 4.74 Å².